The Balaban J connectivity index is 1.84. The van der Waals surface area contributed by atoms with Gasteiger partial charge < -0.3 is 15.6 Å². The molecule has 0 atom stereocenters. The van der Waals surface area contributed by atoms with E-state index in [9.17, 15) is 9.59 Å². The van der Waals surface area contributed by atoms with Crippen LogP contribution in [0, 0.1) is 27.7 Å². The molecule has 0 radical (unpaired) electrons. The molecule has 3 aromatic rings. The fourth-order valence-electron chi connectivity index (χ4n) is 3.29. The number of halogens is 1. The third kappa shape index (κ3) is 4.87. The number of aromatic nitrogens is 1. The van der Waals surface area contributed by atoms with Crippen molar-refractivity contribution in [3.05, 3.63) is 91.4 Å². The van der Waals surface area contributed by atoms with Gasteiger partial charge in [0.15, 0.2) is 0 Å². The molecule has 2 aromatic carbocycles. The second-order valence-electron chi connectivity index (χ2n) is 7.25. The molecule has 3 N–H and O–H groups in total. The van der Waals surface area contributed by atoms with Crippen LogP contribution in [0.3, 0.4) is 0 Å². The second-order valence-corrected chi connectivity index (χ2v) is 7.68. The van der Waals surface area contributed by atoms with Crippen molar-refractivity contribution in [2.45, 2.75) is 34.2 Å². The Morgan fingerprint density at radius 1 is 1.07 bits per heavy atom. The Hall–Kier alpha value is -3.05. The maximum absolute atomic E-state index is 12.8. The number of carbonyl (C=O) groups is 1. The fraction of sp³-hybridized carbons (Fsp3) is 0.217. The molecule has 0 unspecified atom stereocenters. The number of amides is 1. The highest BCUT2D eigenvalue weighted by atomic mass is 35.5. The van der Waals surface area contributed by atoms with Crippen molar-refractivity contribution in [3.8, 4) is 0 Å². The molecule has 150 valence electrons. The molecule has 0 spiro atoms. The minimum Gasteiger partial charge on any atom is -0.355 e. The van der Waals surface area contributed by atoms with Gasteiger partial charge in [0.25, 0.3) is 11.5 Å². The van der Waals surface area contributed by atoms with E-state index in [1.54, 1.807) is 12.1 Å². The zero-order valence-corrected chi connectivity index (χ0v) is 17.7. The first-order valence-corrected chi connectivity index (χ1v) is 9.74. The zero-order chi connectivity index (χ0) is 21.1. The van der Waals surface area contributed by atoms with Gasteiger partial charge in [-0.25, -0.2) is 0 Å². The molecule has 0 bridgehead atoms. The van der Waals surface area contributed by atoms with Crippen molar-refractivity contribution in [2.24, 2.45) is 0 Å². The van der Waals surface area contributed by atoms with Crippen molar-refractivity contribution in [2.75, 3.05) is 5.32 Å². The highest BCUT2D eigenvalue weighted by Gasteiger charge is 2.15. The number of rotatable bonds is 5. The molecule has 0 fully saturated rings. The Labute approximate surface area is 175 Å². The summed E-state index contributed by atoms with van der Waals surface area (Å²) in [6.07, 6.45) is 0. The lowest BCUT2D eigenvalue weighted by Gasteiger charge is -2.15. The number of anilines is 2. The summed E-state index contributed by atoms with van der Waals surface area (Å²) in [4.78, 5) is 27.8. The summed E-state index contributed by atoms with van der Waals surface area (Å²) >= 11 is 6.27. The average molecular weight is 410 g/mol. The van der Waals surface area contributed by atoms with Crippen LogP contribution in [-0.4, -0.2) is 10.9 Å². The lowest BCUT2D eigenvalue weighted by atomic mass is 10.0. The Bertz CT molecular complexity index is 1140. The summed E-state index contributed by atoms with van der Waals surface area (Å²) in [5.74, 6) is -0.281. The standard InChI is InChI=1S/C23H24ClN3O2/c1-13-6-5-7-18(8-13)27-21-11-17(24)10-19(16(21)4)22(28)25-12-20-14(2)9-15(3)26-23(20)29/h5-11,27H,12H2,1-4H3,(H,25,28)(H,26,29). The van der Waals surface area contributed by atoms with Crippen LogP contribution in [0.1, 0.15) is 38.3 Å². The van der Waals surface area contributed by atoms with Gasteiger partial charge in [0.2, 0.25) is 0 Å². The second kappa shape index (κ2) is 8.53. The Morgan fingerprint density at radius 2 is 1.83 bits per heavy atom. The van der Waals surface area contributed by atoms with Crippen molar-refractivity contribution < 1.29 is 4.79 Å². The smallest absolute Gasteiger partial charge is 0.253 e. The fourth-order valence-corrected chi connectivity index (χ4v) is 3.51. The van der Waals surface area contributed by atoms with E-state index in [0.29, 0.717) is 16.1 Å². The monoisotopic (exact) mass is 409 g/mol. The van der Waals surface area contributed by atoms with Crippen molar-refractivity contribution in [1.29, 1.82) is 0 Å². The van der Waals surface area contributed by atoms with Crippen molar-refractivity contribution in [3.63, 3.8) is 0 Å². The lowest BCUT2D eigenvalue weighted by molar-refractivity contribution is 0.0950. The SMILES string of the molecule is Cc1cccc(Nc2cc(Cl)cc(C(=O)NCc3c(C)cc(C)[nH]c3=O)c2C)c1. The molecule has 0 aliphatic rings. The molecule has 0 saturated heterocycles. The van der Waals surface area contributed by atoms with Crippen molar-refractivity contribution >= 4 is 28.9 Å². The number of nitrogens with one attached hydrogen (secondary N) is 3. The molecule has 6 heteroatoms. The highest BCUT2D eigenvalue weighted by Crippen LogP contribution is 2.28. The minimum absolute atomic E-state index is 0.146. The molecule has 3 rings (SSSR count). The van der Waals surface area contributed by atoms with Gasteiger partial charge in [-0.2, -0.15) is 0 Å². The first-order valence-electron chi connectivity index (χ1n) is 9.36. The zero-order valence-electron chi connectivity index (χ0n) is 16.9. The molecule has 1 amide bonds. The third-order valence-electron chi connectivity index (χ3n) is 4.83. The number of aromatic amines is 1. The largest absolute Gasteiger partial charge is 0.355 e. The molecule has 0 saturated carbocycles. The number of pyridine rings is 1. The molecule has 1 heterocycles. The lowest BCUT2D eigenvalue weighted by Crippen LogP contribution is -2.28. The topological polar surface area (TPSA) is 74.0 Å². The van der Waals surface area contributed by atoms with Crippen LogP contribution in [0.15, 0.2) is 47.3 Å². The van der Waals surface area contributed by atoms with Gasteiger partial charge in [-0.15, -0.1) is 0 Å². The van der Waals surface area contributed by atoms with Crippen LogP contribution in [0.5, 0.6) is 0 Å². The average Bonchev–Trinajstić information content (AvgIpc) is 2.63. The van der Waals surface area contributed by atoms with Crippen LogP contribution in [0.4, 0.5) is 11.4 Å². The minimum atomic E-state index is -0.281. The van der Waals surface area contributed by atoms with Crippen LogP contribution in [0.2, 0.25) is 5.02 Å². The van der Waals surface area contributed by atoms with Gasteiger partial charge in [-0.05, 0) is 74.7 Å². The van der Waals surface area contributed by atoms with Crippen LogP contribution in [0.25, 0.3) is 0 Å². The maximum Gasteiger partial charge on any atom is 0.253 e. The van der Waals surface area contributed by atoms with E-state index in [2.05, 4.69) is 15.6 Å². The summed E-state index contributed by atoms with van der Waals surface area (Å²) in [6.45, 7) is 7.72. The van der Waals surface area contributed by atoms with Gasteiger partial charge >= 0.3 is 0 Å². The summed E-state index contributed by atoms with van der Waals surface area (Å²) in [5, 5.41) is 6.63. The number of hydrogen-bond donors (Lipinski definition) is 3. The quantitative estimate of drug-likeness (QED) is 0.559. The van der Waals surface area contributed by atoms with Gasteiger partial charge in [-0.3, -0.25) is 9.59 Å². The van der Waals surface area contributed by atoms with E-state index < -0.39 is 0 Å². The predicted octanol–water partition coefficient (Wildman–Crippen LogP) is 4.94. The highest BCUT2D eigenvalue weighted by molar-refractivity contribution is 6.31. The van der Waals surface area contributed by atoms with Gasteiger partial charge in [-0.1, -0.05) is 23.7 Å². The first kappa shape index (κ1) is 20.7. The van der Waals surface area contributed by atoms with E-state index in [1.165, 1.54) is 0 Å². The molecule has 0 aliphatic heterocycles. The van der Waals surface area contributed by atoms with E-state index in [-0.39, 0.29) is 18.0 Å². The van der Waals surface area contributed by atoms with E-state index >= 15 is 0 Å². The van der Waals surface area contributed by atoms with Crippen LogP contribution in [-0.2, 0) is 6.54 Å². The summed E-state index contributed by atoms with van der Waals surface area (Å²) in [6, 6.07) is 13.3. The van der Waals surface area contributed by atoms with Crippen LogP contribution >= 0.6 is 11.6 Å². The normalized spacial score (nSPS) is 10.7. The van der Waals surface area contributed by atoms with Crippen molar-refractivity contribution in [1.82, 2.24) is 10.3 Å². The molecule has 1 aromatic heterocycles. The molecular weight excluding hydrogens is 386 g/mol. The Morgan fingerprint density at radius 3 is 2.52 bits per heavy atom. The van der Waals surface area contributed by atoms with Gasteiger partial charge in [0, 0.05) is 39.8 Å². The number of aryl methyl sites for hydroxylation is 3. The maximum atomic E-state index is 12.8. The van der Waals surface area contributed by atoms with E-state index in [1.807, 2.05) is 58.0 Å². The van der Waals surface area contributed by atoms with E-state index in [0.717, 1.165) is 33.8 Å². The number of benzene rings is 2. The summed E-state index contributed by atoms with van der Waals surface area (Å²) in [5.41, 5.74) is 6.05. The Kier molecular flexibility index (Phi) is 6.09. The van der Waals surface area contributed by atoms with Crippen LogP contribution < -0.4 is 16.2 Å². The molecule has 5 nitrogen and oxygen atoms in total. The number of carbonyl (C=O) groups excluding carboxylic acids is 1. The van der Waals surface area contributed by atoms with Gasteiger partial charge in [0.1, 0.15) is 0 Å². The predicted molar refractivity (Wildman–Crippen MR) is 118 cm³/mol. The first-order chi connectivity index (χ1) is 13.7. The molecular formula is C23H24ClN3O2. The van der Waals surface area contributed by atoms with Gasteiger partial charge in [0.05, 0.1) is 0 Å². The van der Waals surface area contributed by atoms with E-state index in [4.69, 9.17) is 11.6 Å². The molecule has 0 aliphatic carbocycles. The molecule has 29 heavy (non-hydrogen) atoms. The summed E-state index contributed by atoms with van der Waals surface area (Å²) < 4.78 is 0. The summed E-state index contributed by atoms with van der Waals surface area (Å²) in [7, 11) is 0. The third-order valence-corrected chi connectivity index (χ3v) is 5.05. The number of hydrogen-bond acceptors (Lipinski definition) is 3. The number of H-pyrrole nitrogens is 1.